The number of aryl methyl sites for hydroxylation is 1. The monoisotopic (exact) mass is 367 g/mol. The first kappa shape index (κ1) is 20.6. The summed E-state index contributed by atoms with van der Waals surface area (Å²) in [5.74, 6) is 0.0291. The van der Waals surface area contributed by atoms with Gasteiger partial charge in [-0.15, -0.1) is 23.7 Å². The molecule has 1 heterocycles. The highest BCUT2D eigenvalue weighted by molar-refractivity contribution is 7.13. The number of rotatable bonds is 9. The summed E-state index contributed by atoms with van der Waals surface area (Å²) in [6.07, 6.45) is 2.49. The van der Waals surface area contributed by atoms with Gasteiger partial charge in [-0.05, 0) is 24.9 Å². The van der Waals surface area contributed by atoms with Crippen LogP contribution in [0.1, 0.15) is 31.5 Å². The molecular formula is C18H26ClN3OS. The van der Waals surface area contributed by atoms with Crippen molar-refractivity contribution in [3.05, 3.63) is 40.9 Å². The van der Waals surface area contributed by atoms with Crippen LogP contribution in [0.3, 0.4) is 0 Å². The highest BCUT2D eigenvalue weighted by Gasteiger charge is 2.08. The van der Waals surface area contributed by atoms with E-state index in [1.807, 2.05) is 5.38 Å². The lowest BCUT2D eigenvalue weighted by Gasteiger charge is -2.05. The van der Waals surface area contributed by atoms with Crippen molar-refractivity contribution in [1.82, 2.24) is 15.6 Å². The molecule has 132 valence electrons. The van der Waals surface area contributed by atoms with Crippen LogP contribution in [-0.4, -0.2) is 30.5 Å². The molecule has 0 fully saturated rings. The molecule has 0 aliphatic carbocycles. The summed E-state index contributed by atoms with van der Waals surface area (Å²) >= 11 is 1.59. The number of hydrogen-bond acceptors (Lipinski definition) is 4. The summed E-state index contributed by atoms with van der Waals surface area (Å²) < 4.78 is 0. The zero-order chi connectivity index (χ0) is 16.5. The fourth-order valence-corrected chi connectivity index (χ4v) is 3.05. The molecular weight excluding hydrogens is 342 g/mol. The van der Waals surface area contributed by atoms with E-state index in [0.717, 1.165) is 42.2 Å². The average molecular weight is 368 g/mol. The molecule has 24 heavy (non-hydrogen) atoms. The molecule has 6 heteroatoms. The molecule has 0 aliphatic heterocycles. The van der Waals surface area contributed by atoms with E-state index in [1.165, 1.54) is 5.56 Å². The van der Waals surface area contributed by atoms with Crippen LogP contribution in [0.25, 0.3) is 10.6 Å². The Hall–Kier alpha value is -1.43. The number of nitrogens with zero attached hydrogens (tertiary/aromatic N) is 1. The van der Waals surface area contributed by atoms with Crippen molar-refractivity contribution in [2.45, 2.75) is 33.1 Å². The third-order valence-electron chi connectivity index (χ3n) is 3.55. The first-order valence-corrected chi connectivity index (χ1v) is 9.12. The maximum Gasteiger partial charge on any atom is 0.226 e. The van der Waals surface area contributed by atoms with Gasteiger partial charge >= 0.3 is 0 Å². The summed E-state index contributed by atoms with van der Waals surface area (Å²) in [7, 11) is 0. The number of carbonyl (C=O) groups excluding carboxylic acids is 1. The van der Waals surface area contributed by atoms with Crippen LogP contribution in [0.5, 0.6) is 0 Å². The molecule has 0 radical (unpaired) electrons. The van der Waals surface area contributed by atoms with Crippen LogP contribution < -0.4 is 10.6 Å². The summed E-state index contributed by atoms with van der Waals surface area (Å²) in [5.41, 5.74) is 3.27. The van der Waals surface area contributed by atoms with Gasteiger partial charge in [0.15, 0.2) is 0 Å². The SMILES string of the molecule is CCCNCCNC(=O)Cc1csc(-c2ccc(CC)cc2)n1.Cl. The number of hydrogen-bond donors (Lipinski definition) is 2. The Labute approximate surface area is 154 Å². The van der Waals surface area contributed by atoms with E-state index >= 15 is 0 Å². The van der Waals surface area contributed by atoms with E-state index in [0.29, 0.717) is 13.0 Å². The second-order valence-corrected chi connectivity index (χ2v) is 6.33. The minimum absolute atomic E-state index is 0. The van der Waals surface area contributed by atoms with Crippen LogP contribution in [-0.2, 0) is 17.6 Å². The highest BCUT2D eigenvalue weighted by Crippen LogP contribution is 2.24. The van der Waals surface area contributed by atoms with E-state index < -0.39 is 0 Å². The first-order valence-electron chi connectivity index (χ1n) is 8.24. The molecule has 2 rings (SSSR count). The van der Waals surface area contributed by atoms with Gasteiger partial charge in [-0.25, -0.2) is 4.98 Å². The lowest BCUT2D eigenvalue weighted by atomic mass is 10.1. The summed E-state index contributed by atoms with van der Waals surface area (Å²) in [5, 5.41) is 9.12. The number of carbonyl (C=O) groups is 1. The Kier molecular flexibility index (Phi) is 9.60. The van der Waals surface area contributed by atoms with Gasteiger partial charge < -0.3 is 10.6 Å². The van der Waals surface area contributed by atoms with Crippen LogP contribution >= 0.6 is 23.7 Å². The van der Waals surface area contributed by atoms with Crippen LogP contribution in [0.2, 0.25) is 0 Å². The van der Waals surface area contributed by atoms with Gasteiger partial charge in [0.2, 0.25) is 5.91 Å². The van der Waals surface area contributed by atoms with Crippen molar-refractivity contribution in [3.63, 3.8) is 0 Å². The van der Waals surface area contributed by atoms with Crippen molar-refractivity contribution >= 4 is 29.7 Å². The smallest absolute Gasteiger partial charge is 0.226 e. The van der Waals surface area contributed by atoms with Gasteiger partial charge in [-0.3, -0.25) is 4.79 Å². The molecule has 2 aromatic rings. The maximum atomic E-state index is 11.9. The first-order chi connectivity index (χ1) is 11.2. The number of benzene rings is 1. The number of halogens is 1. The van der Waals surface area contributed by atoms with Crippen molar-refractivity contribution < 1.29 is 4.79 Å². The second kappa shape index (κ2) is 11.2. The third-order valence-corrected chi connectivity index (χ3v) is 4.49. The molecule has 0 bridgehead atoms. The van der Waals surface area contributed by atoms with Crippen LogP contribution in [0, 0.1) is 0 Å². The average Bonchev–Trinajstić information content (AvgIpc) is 3.03. The summed E-state index contributed by atoms with van der Waals surface area (Å²) in [4.78, 5) is 16.5. The normalized spacial score (nSPS) is 10.2. The van der Waals surface area contributed by atoms with Crippen LogP contribution in [0.4, 0.5) is 0 Å². The zero-order valence-electron chi connectivity index (χ0n) is 14.3. The van der Waals surface area contributed by atoms with Gasteiger partial charge in [0.05, 0.1) is 12.1 Å². The van der Waals surface area contributed by atoms with Gasteiger partial charge in [-0.2, -0.15) is 0 Å². The Bertz CT molecular complexity index is 613. The van der Waals surface area contributed by atoms with E-state index in [-0.39, 0.29) is 18.3 Å². The molecule has 4 nitrogen and oxygen atoms in total. The van der Waals surface area contributed by atoms with E-state index in [1.54, 1.807) is 11.3 Å². The summed E-state index contributed by atoms with van der Waals surface area (Å²) in [6, 6.07) is 8.46. The molecule has 0 atom stereocenters. The van der Waals surface area contributed by atoms with Crippen molar-refractivity contribution in [2.24, 2.45) is 0 Å². The zero-order valence-corrected chi connectivity index (χ0v) is 15.9. The molecule has 1 aromatic heterocycles. The number of thiazole rings is 1. The Morgan fingerprint density at radius 1 is 1.12 bits per heavy atom. The number of nitrogens with one attached hydrogen (secondary N) is 2. The molecule has 0 spiro atoms. The molecule has 2 N–H and O–H groups in total. The minimum atomic E-state index is 0. The molecule has 0 unspecified atom stereocenters. The van der Waals surface area contributed by atoms with Gasteiger partial charge in [0, 0.05) is 24.0 Å². The molecule has 0 saturated heterocycles. The quantitative estimate of drug-likeness (QED) is 0.667. The van der Waals surface area contributed by atoms with Gasteiger partial charge in [-0.1, -0.05) is 38.1 Å². The third kappa shape index (κ3) is 6.59. The minimum Gasteiger partial charge on any atom is -0.354 e. The number of amides is 1. The topological polar surface area (TPSA) is 54.0 Å². The lowest BCUT2D eigenvalue weighted by molar-refractivity contribution is -0.120. The fraction of sp³-hybridized carbons (Fsp3) is 0.444. The largest absolute Gasteiger partial charge is 0.354 e. The summed E-state index contributed by atoms with van der Waals surface area (Å²) in [6.45, 7) is 6.73. The Morgan fingerprint density at radius 2 is 1.88 bits per heavy atom. The predicted octanol–water partition coefficient (Wildman–Crippen LogP) is 3.45. The maximum absolute atomic E-state index is 11.9. The van der Waals surface area contributed by atoms with Crippen molar-refractivity contribution in [3.8, 4) is 10.6 Å². The Balaban J connectivity index is 0.00000288. The van der Waals surface area contributed by atoms with Crippen molar-refractivity contribution in [1.29, 1.82) is 0 Å². The standard InChI is InChI=1S/C18H25N3OS.ClH/c1-3-9-19-10-11-20-17(22)12-16-13-23-18(21-16)15-7-5-14(4-2)6-8-15;/h5-8,13,19H,3-4,9-12H2,1-2H3,(H,20,22);1H. The van der Waals surface area contributed by atoms with Gasteiger partial charge in [0.1, 0.15) is 5.01 Å². The molecule has 1 amide bonds. The molecule has 0 saturated carbocycles. The highest BCUT2D eigenvalue weighted by atomic mass is 35.5. The van der Waals surface area contributed by atoms with Gasteiger partial charge in [0.25, 0.3) is 0 Å². The Morgan fingerprint density at radius 3 is 2.54 bits per heavy atom. The van der Waals surface area contributed by atoms with E-state index in [4.69, 9.17) is 0 Å². The predicted molar refractivity (Wildman–Crippen MR) is 104 cm³/mol. The second-order valence-electron chi connectivity index (χ2n) is 5.47. The molecule has 0 aliphatic rings. The van der Waals surface area contributed by atoms with Crippen LogP contribution in [0.15, 0.2) is 29.6 Å². The molecule has 1 aromatic carbocycles. The van der Waals surface area contributed by atoms with E-state index in [9.17, 15) is 4.79 Å². The lowest BCUT2D eigenvalue weighted by Crippen LogP contribution is -2.33. The van der Waals surface area contributed by atoms with Crippen molar-refractivity contribution in [2.75, 3.05) is 19.6 Å². The fourth-order valence-electron chi connectivity index (χ4n) is 2.22. The number of aromatic nitrogens is 1. The van der Waals surface area contributed by atoms with E-state index in [2.05, 4.69) is 53.7 Å².